The van der Waals surface area contributed by atoms with E-state index in [0.717, 1.165) is 18.8 Å². The van der Waals surface area contributed by atoms with Crippen molar-refractivity contribution in [3.8, 4) is 11.8 Å². The maximum atomic E-state index is 12.6. The van der Waals surface area contributed by atoms with E-state index in [0.29, 0.717) is 17.5 Å². The van der Waals surface area contributed by atoms with Gasteiger partial charge in [-0.1, -0.05) is 11.8 Å². The maximum Gasteiger partial charge on any atom is 0.255 e. The highest BCUT2D eigenvalue weighted by Gasteiger charge is 2.30. The Hall–Kier alpha value is -1.51. The third kappa shape index (κ3) is 4.48. The zero-order valence-electron chi connectivity index (χ0n) is 12.4. The first-order chi connectivity index (χ1) is 10.0. The van der Waals surface area contributed by atoms with Crippen LogP contribution in [0.5, 0.6) is 0 Å². The van der Waals surface area contributed by atoms with E-state index in [9.17, 15) is 4.79 Å². The molecule has 1 aliphatic rings. The number of thioether (sulfide) groups is 1. The molecule has 1 aromatic heterocycles. The zero-order chi connectivity index (χ0) is 15.3. The van der Waals surface area contributed by atoms with Crippen LogP contribution in [0.2, 0.25) is 0 Å². The molecule has 0 unspecified atom stereocenters. The first kappa shape index (κ1) is 15.9. The Morgan fingerprint density at radius 1 is 1.52 bits per heavy atom. The number of hydrogen-bond acceptors (Lipinski definition) is 4. The molecule has 0 atom stereocenters. The number of rotatable bonds is 2. The first-order valence-electron chi connectivity index (χ1n) is 7.00. The van der Waals surface area contributed by atoms with E-state index in [1.165, 1.54) is 0 Å². The number of pyridine rings is 1. The minimum Gasteiger partial charge on any atom is -0.395 e. The van der Waals surface area contributed by atoms with E-state index in [1.54, 1.807) is 18.5 Å². The average molecular weight is 304 g/mol. The van der Waals surface area contributed by atoms with E-state index in [4.69, 9.17) is 5.11 Å². The average Bonchev–Trinajstić information content (AvgIpc) is 2.46. The third-order valence-corrected chi connectivity index (χ3v) is 4.46. The second kappa shape index (κ2) is 6.97. The monoisotopic (exact) mass is 304 g/mol. The van der Waals surface area contributed by atoms with Crippen molar-refractivity contribution >= 4 is 17.7 Å². The minimum absolute atomic E-state index is 0.0154. The fourth-order valence-electron chi connectivity index (χ4n) is 2.22. The molecular weight excluding hydrogens is 284 g/mol. The fraction of sp³-hybridized carbons (Fsp3) is 0.500. The number of nitrogens with zero attached hydrogens (tertiary/aromatic N) is 2. The number of aliphatic hydroxyl groups is 1. The number of carbonyl (C=O) groups excluding carboxylic acids is 1. The van der Waals surface area contributed by atoms with Crippen LogP contribution in [0.25, 0.3) is 0 Å². The lowest BCUT2D eigenvalue weighted by Crippen LogP contribution is -2.46. The van der Waals surface area contributed by atoms with E-state index in [2.05, 4.69) is 30.7 Å². The molecule has 2 heterocycles. The molecule has 0 aliphatic carbocycles. The molecular formula is C16H20N2O2S. The number of hydrogen-bond donors (Lipinski definition) is 1. The summed E-state index contributed by atoms with van der Waals surface area (Å²) in [6, 6.07) is 1.77. The molecule has 0 spiro atoms. The van der Waals surface area contributed by atoms with Crippen molar-refractivity contribution in [1.29, 1.82) is 0 Å². The van der Waals surface area contributed by atoms with Gasteiger partial charge in [-0.05, 0) is 19.9 Å². The molecule has 5 heteroatoms. The molecule has 1 saturated heterocycles. The van der Waals surface area contributed by atoms with Crippen LogP contribution in [-0.4, -0.2) is 51.1 Å². The first-order valence-corrected chi connectivity index (χ1v) is 7.98. The summed E-state index contributed by atoms with van der Waals surface area (Å²) >= 11 is 1.90. The summed E-state index contributed by atoms with van der Waals surface area (Å²) in [6.45, 7) is 5.88. The van der Waals surface area contributed by atoms with Crippen molar-refractivity contribution < 1.29 is 9.90 Å². The molecule has 0 radical (unpaired) electrons. The van der Waals surface area contributed by atoms with Crippen molar-refractivity contribution in [2.75, 3.05) is 25.4 Å². The molecule has 4 nitrogen and oxygen atoms in total. The van der Waals surface area contributed by atoms with Crippen LogP contribution in [-0.2, 0) is 0 Å². The predicted octanol–water partition coefficient (Wildman–Crippen LogP) is 1.78. The van der Waals surface area contributed by atoms with E-state index in [1.807, 2.05) is 16.7 Å². The Bertz CT molecular complexity index is 575. The number of aliphatic hydroxyl groups excluding tert-OH is 1. The van der Waals surface area contributed by atoms with Crippen LogP contribution in [0.15, 0.2) is 18.5 Å². The van der Waals surface area contributed by atoms with Crippen molar-refractivity contribution in [2.24, 2.45) is 0 Å². The Kier molecular flexibility index (Phi) is 5.27. The van der Waals surface area contributed by atoms with Gasteiger partial charge in [0.2, 0.25) is 0 Å². The molecule has 1 N–H and O–H groups in total. The molecule has 1 amide bonds. The molecule has 1 aliphatic heterocycles. The minimum atomic E-state index is 0.0154. The lowest BCUT2D eigenvalue weighted by atomic mass is 10.1. The molecule has 21 heavy (non-hydrogen) atoms. The summed E-state index contributed by atoms with van der Waals surface area (Å²) in [7, 11) is 0. The fourth-order valence-corrected chi connectivity index (χ4v) is 3.33. The van der Waals surface area contributed by atoms with Gasteiger partial charge in [-0.3, -0.25) is 9.78 Å². The van der Waals surface area contributed by atoms with Gasteiger partial charge in [0.1, 0.15) is 0 Å². The van der Waals surface area contributed by atoms with Gasteiger partial charge in [-0.15, -0.1) is 0 Å². The molecule has 0 bridgehead atoms. The number of carbonyl (C=O) groups is 1. The third-order valence-electron chi connectivity index (χ3n) is 3.17. The normalized spacial score (nSPS) is 17.0. The van der Waals surface area contributed by atoms with Gasteiger partial charge < -0.3 is 10.0 Å². The van der Waals surface area contributed by atoms with Crippen LogP contribution in [0.3, 0.4) is 0 Å². The maximum absolute atomic E-state index is 12.6. The van der Waals surface area contributed by atoms with Crippen LogP contribution >= 0.6 is 11.8 Å². The Morgan fingerprint density at radius 2 is 2.33 bits per heavy atom. The molecule has 1 fully saturated rings. The molecule has 0 aromatic carbocycles. The van der Waals surface area contributed by atoms with Gasteiger partial charge in [-0.2, -0.15) is 11.8 Å². The van der Waals surface area contributed by atoms with E-state index >= 15 is 0 Å². The van der Waals surface area contributed by atoms with Gasteiger partial charge in [0.05, 0.1) is 12.2 Å². The molecule has 0 saturated carbocycles. The Balaban J connectivity index is 2.12. The number of aromatic nitrogens is 1. The van der Waals surface area contributed by atoms with Crippen LogP contribution in [0.1, 0.15) is 36.2 Å². The van der Waals surface area contributed by atoms with Gasteiger partial charge >= 0.3 is 0 Å². The largest absolute Gasteiger partial charge is 0.395 e. The summed E-state index contributed by atoms with van der Waals surface area (Å²) in [5.74, 6) is 6.73. The molecule has 2 rings (SSSR count). The highest BCUT2D eigenvalue weighted by atomic mass is 32.2. The highest BCUT2D eigenvalue weighted by Crippen LogP contribution is 2.30. The summed E-state index contributed by atoms with van der Waals surface area (Å²) < 4.78 is 0.0971. The van der Waals surface area contributed by atoms with Gasteiger partial charge in [0, 0.05) is 48.0 Å². The van der Waals surface area contributed by atoms with Gasteiger partial charge in [-0.25, -0.2) is 0 Å². The van der Waals surface area contributed by atoms with Gasteiger partial charge in [0.25, 0.3) is 5.91 Å². The van der Waals surface area contributed by atoms with Crippen LogP contribution in [0, 0.1) is 11.8 Å². The summed E-state index contributed by atoms with van der Waals surface area (Å²) in [6.07, 6.45) is 3.65. The molecule has 112 valence electrons. The van der Waals surface area contributed by atoms with Crippen molar-refractivity contribution in [3.63, 3.8) is 0 Å². The van der Waals surface area contributed by atoms with Crippen molar-refractivity contribution in [1.82, 2.24) is 9.88 Å². The second-order valence-corrected chi connectivity index (χ2v) is 7.37. The van der Waals surface area contributed by atoms with E-state index in [-0.39, 0.29) is 17.3 Å². The SMILES string of the molecule is CC1(C)CN(C(=O)c2cncc(C#CCCO)c2)CCS1. The Morgan fingerprint density at radius 3 is 3.05 bits per heavy atom. The van der Waals surface area contributed by atoms with E-state index < -0.39 is 0 Å². The Labute approximate surface area is 129 Å². The quantitative estimate of drug-likeness (QED) is 0.846. The van der Waals surface area contributed by atoms with Crippen molar-refractivity contribution in [3.05, 3.63) is 29.6 Å². The zero-order valence-corrected chi connectivity index (χ0v) is 13.2. The predicted molar refractivity (Wildman–Crippen MR) is 85.3 cm³/mol. The highest BCUT2D eigenvalue weighted by molar-refractivity contribution is 8.00. The number of amides is 1. The standard InChI is InChI=1S/C16H20N2O2S/c1-16(2)12-18(6-8-21-16)15(20)14-9-13(10-17-11-14)5-3-4-7-19/h9-11,19H,4,6-8,12H2,1-2H3. The van der Waals surface area contributed by atoms with Crippen molar-refractivity contribution in [2.45, 2.75) is 25.0 Å². The summed E-state index contributed by atoms with van der Waals surface area (Å²) in [4.78, 5) is 18.5. The summed E-state index contributed by atoms with van der Waals surface area (Å²) in [5, 5.41) is 8.73. The topological polar surface area (TPSA) is 53.4 Å². The van der Waals surface area contributed by atoms with Crippen LogP contribution < -0.4 is 0 Å². The molecule has 1 aromatic rings. The lowest BCUT2D eigenvalue weighted by Gasteiger charge is -2.37. The van der Waals surface area contributed by atoms with Gasteiger partial charge in [0.15, 0.2) is 0 Å². The lowest BCUT2D eigenvalue weighted by molar-refractivity contribution is 0.0747. The van der Waals surface area contributed by atoms with Crippen LogP contribution in [0.4, 0.5) is 0 Å². The summed E-state index contributed by atoms with van der Waals surface area (Å²) in [5.41, 5.74) is 1.29. The second-order valence-electron chi connectivity index (χ2n) is 5.57. The smallest absolute Gasteiger partial charge is 0.255 e.